The highest BCUT2D eigenvalue weighted by Crippen LogP contribution is 2.37. The van der Waals surface area contributed by atoms with Crippen LogP contribution in [0.4, 0.5) is 5.69 Å². The van der Waals surface area contributed by atoms with Crippen LogP contribution in [0.25, 0.3) is 0 Å². The Bertz CT molecular complexity index is 642. The standard InChI is InChI=1S/C15H15N3O2S/c1-18-13(19)7-12(14(18)10-3-2-5-16-8-10)15(20)17-11-4-6-21-9-11/h2-6,8-9,12,14H,7H2,1H3,(H,17,20)/t12-,14+/m0/s1. The van der Waals surface area contributed by atoms with Gasteiger partial charge in [0.25, 0.3) is 0 Å². The molecule has 0 radical (unpaired) electrons. The van der Waals surface area contributed by atoms with Gasteiger partial charge in [-0.25, -0.2) is 0 Å². The van der Waals surface area contributed by atoms with E-state index in [-0.39, 0.29) is 24.3 Å². The van der Waals surface area contributed by atoms with E-state index in [1.165, 1.54) is 11.3 Å². The summed E-state index contributed by atoms with van der Waals surface area (Å²) in [5, 5.41) is 6.65. The average molecular weight is 301 g/mol. The predicted octanol–water partition coefficient (Wildman–Crippen LogP) is 2.30. The van der Waals surface area contributed by atoms with Crippen molar-refractivity contribution in [3.63, 3.8) is 0 Å². The first-order valence-electron chi connectivity index (χ1n) is 6.65. The summed E-state index contributed by atoms with van der Waals surface area (Å²) < 4.78 is 0. The van der Waals surface area contributed by atoms with Crippen LogP contribution in [-0.4, -0.2) is 28.7 Å². The SMILES string of the molecule is CN1C(=O)C[C@H](C(=O)Nc2ccsc2)[C@H]1c1cccnc1. The van der Waals surface area contributed by atoms with Gasteiger partial charge in [0.05, 0.1) is 17.6 Å². The van der Waals surface area contributed by atoms with Gasteiger partial charge in [0.1, 0.15) is 0 Å². The molecule has 108 valence electrons. The van der Waals surface area contributed by atoms with Crippen LogP contribution in [-0.2, 0) is 9.59 Å². The van der Waals surface area contributed by atoms with Crippen LogP contribution in [0.1, 0.15) is 18.0 Å². The third-order valence-corrected chi connectivity index (χ3v) is 4.42. The van der Waals surface area contributed by atoms with E-state index < -0.39 is 5.92 Å². The summed E-state index contributed by atoms with van der Waals surface area (Å²) in [5.41, 5.74) is 1.66. The number of likely N-dealkylation sites (tertiary alicyclic amines) is 1. The number of aromatic nitrogens is 1. The number of hydrogen-bond donors (Lipinski definition) is 1. The van der Waals surface area contributed by atoms with E-state index in [1.54, 1.807) is 24.3 Å². The van der Waals surface area contributed by atoms with Gasteiger partial charge in [0, 0.05) is 31.2 Å². The Labute approximate surface area is 126 Å². The molecule has 0 bridgehead atoms. The van der Waals surface area contributed by atoms with Crippen LogP contribution in [0, 0.1) is 5.92 Å². The minimum Gasteiger partial charge on any atom is -0.338 e. The van der Waals surface area contributed by atoms with Gasteiger partial charge < -0.3 is 10.2 Å². The summed E-state index contributed by atoms with van der Waals surface area (Å²) >= 11 is 1.52. The van der Waals surface area contributed by atoms with E-state index in [0.717, 1.165) is 11.3 Å². The van der Waals surface area contributed by atoms with Crippen LogP contribution < -0.4 is 5.32 Å². The van der Waals surface area contributed by atoms with Crippen LogP contribution in [0.15, 0.2) is 41.4 Å². The molecule has 1 N–H and O–H groups in total. The van der Waals surface area contributed by atoms with Gasteiger partial charge in [-0.05, 0) is 23.1 Å². The minimum absolute atomic E-state index is 0.0191. The zero-order valence-corrected chi connectivity index (χ0v) is 12.3. The van der Waals surface area contributed by atoms with Gasteiger partial charge >= 0.3 is 0 Å². The largest absolute Gasteiger partial charge is 0.338 e. The Kier molecular flexibility index (Phi) is 3.70. The number of anilines is 1. The van der Waals surface area contributed by atoms with Gasteiger partial charge in [-0.1, -0.05) is 6.07 Å². The Hall–Kier alpha value is -2.21. The van der Waals surface area contributed by atoms with Crippen molar-refractivity contribution >= 4 is 28.8 Å². The molecule has 21 heavy (non-hydrogen) atoms. The van der Waals surface area contributed by atoms with E-state index in [4.69, 9.17) is 0 Å². The fourth-order valence-corrected chi connectivity index (χ4v) is 3.27. The Morgan fingerprint density at radius 3 is 3.00 bits per heavy atom. The van der Waals surface area contributed by atoms with E-state index in [2.05, 4.69) is 10.3 Å². The molecule has 2 amide bonds. The first-order chi connectivity index (χ1) is 10.2. The number of pyridine rings is 1. The second-order valence-electron chi connectivity index (χ2n) is 5.05. The van der Waals surface area contributed by atoms with Crippen molar-refractivity contribution in [1.29, 1.82) is 0 Å². The Balaban J connectivity index is 1.85. The first kappa shape index (κ1) is 13.8. The number of carbonyl (C=O) groups is 2. The normalized spacial score (nSPS) is 21.6. The summed E-state index contributed by atoms with van der Waals surface area (Å²) in [6.07, 6.45) is 3.62. The molecule has 1 aliphatic rings. The van der Waals surface area contributed by atoms with Gasteiger partial charge in [0.2, 0.25) is 11.8 Å². The molecule has 5 nitrogen and oxygen atoms in total. The second kappa shape index (κ2) is 5.65. The summed E-state index contributed by atoms with van der Waals surface area (Å²) in [6, 6.07) is 5.31. The van der Waals surface area contributed by atoms with Crippen molar-refractivity contribution in [3.8, 4) is 0 Å². The van der Waals surface area contributed by atoms with Crippen LogP contribution in [0.3, 0.4) is 0 Å². The summed E-state index contributed by atoms with van der Waals surface area (Å²) in [6.45, 7) is 0. The van der Waals surface area contributed by atoms with Crippen molar-refractivity contribution in [1.82, 2.24) is 9.88 Å². The summed E-state index contributed by atoms with van der Waals surface area (Å²) in [4.78, 5) is 30.2. The van der Waals surface area contributed by atoms with Crippen molar-refractivity contribution in [2.45, 2.75) is 12.5 Å². The number of nitrogens with zero attached hydrogens (tertiary/aromatic N) is 2. The lowest BCUT2D eigenvalue weighted by atomic mass is 9.94. The van der Waals surface area contributed by atoms with Crippen molar-refractivity contribution in [2.24, 2.45) is 5.92 Å². The molecule has 1 fully saturated rings. The van der Waals surface area contributed by atoms with Crippen molar-refractivity contribution < 1.29 is 9.59 Å². The molecular formula is C15H15N3O2S. The van der Waals surface area contributed by atoms with Crippen molar-refractivity contribution in [2.75, 3.05) is 12.4 Å². The van der Waals surface area contributed by atoms with Gasteiger partial charge in [0.15, 0.2) is 0 Å². The van der Waals surface area contributed by atoms with E-state index in [9.17, 15) is 9.59 Å². The topological polar surface area (TPSA) is 62.3 Å². The fourth-order valence-electron chi connectivity index (χ4n) is 2.68. The lowest BCUT2D eigenvalue weighted by Gasteiger charge is -2.24. The molecule has 0 unspecified atom stereocenters. The molecule has 0 aliphatic carbocycles. The maximum Gasteiger partial charge on any atom is 0.230 e. The van der Waals surface area contributed by atoms with E-state index in [0.29, 0.717) is 0 Å². The Morgan fingerprint density at radius 1 is 1.48 bits per heavy atom. The molecular weight excluding hydrogens is 286 g/mol. The number of thiophene rings is 1. The summed E-state index contributed by atoms with van der Waals surface area (Å²) in [5.74, 6) is -0.541. The van der Waals surface area contributed by atoms with Gasteiger partial charge in [-0.2, -0.15) is 11.3 Å². The predicted molar refractivity (Wildman–Crippen MR) is 80.8 cm³/mol. The molecule has 2 aromatic rings. The average Bonchev–Trinajstić information content (AvgIpc) is 3.09. The molecule has 0 saturated carbocycles. The molecule has 0 aromatic carbocycles. The molecule has 3 heterocycles. The highest BCUT2D eigenvalue weighted by atomic mass is 32.1. The number of rotatable bonds is 3. The maximum atomic E-state index is 12.5. The van der Waals surface area contributed by atoms with E-state index >= 15 is 0 Å². The zero-order chi connectivity index (χ0) is 14.8. The fraction of sp³-hybridized carbons (Fsp3) is 0.267. The highest BCUT2D eigenvalue weighted by molar-refractivity contribution is 7.08. The molecule has 0 spiro atoms. The van der Waals surface area contributed by atoms with Crippen molar-refractivity contribution in [3.05, 3.63) is 46.9 Å². The highest BCUT2D eigenvalue weighted by Gasteiger charge is 2.42. The van der Waals surface area contributed by atoms with Crippen LogP contribution >= 0.6 is 11.3 Å². The van der Waals surface area contributed by atoms with Crippen LogP contribution in [0.2, 0.25) is 0 Å². The number of carbonyl (C=O) groups excluding carboxylic acids is 2. The molecule has 2 atom stereocenters. The number of nitrogens with one attached hydrogen (secondary N) is 1. The molecule has 2 aromatic heterocycles. The smallest absolute Gasteiger partial charge is 0.230 e. The van der Waals surface area contributed by atoms with E-state index in [1.807, 2.05) is 29.0 Å². The molecule has 1 saturated heterocycles. The summed E-state index contributed by atoms with van der Waals surface area (Å²) in [7, 11) is 1.73. The third kappa shape index (κ3) is 2.67. The third-order valence-electron chi connectivity index (χ3n) is 3.74. The first-order valence-corrected chi connectivity index (χ1v) is 7.60. The van der Waals surface area contributed by atoms with Crippen LogP contribution in [0.5, 0.6) is 0 Å². The quantitative estimate of drug-likeness (QED) is 0.946. The lowest BCUT2D eigenvalue weighted by Crippen LogP contribution is -2.30. The monoisotopic (exact) mass is 301 g/mol. The second-order valence-corrected chi connectivity index (χ2v) is 5.83. The van der Waals surface area contributed by atoms with Gasteiger partial charge in [-0.15, -0.1) is 0 Å². The maximum absolute atomic E-state index is 12.5. The Morgan fingerprint density at radius 2 is 2.33 bits per heavy atom. The zero-order valence-electron chi connectivity index (χ0n) is 11.5. The lowest BCUT2D eigenvalue weighted by molar-refractivity contribution is -0.127. The number of amides is 2. The number of hydrogen-bond acceptors (Lipinski definition) is 4. The minimum atomic E-state index is -0.397. The molecule has 6 heteroatoms. The molecule has 1 aliphatic heterocycles. The van der Waals surface area contributed by atoms with Gasteiger partial charge in [-0.3, -0.25) is 14.6 Å². The molecule has 3 rings (SSSR count).